The van der Waals surface area contributed by atoms with Crippen LogP contribution in [0.15, 0.2) is 48.5 Å². The second-order valence-corrected chi connectivity index (χ2v) is 6.22. The highest BCUT2D eigenvalue weighted by molar-refractivity contribution is 6.30. The Bertz CT molecular complexity index is 882. The van der Waals surface area contributed by atoms with Gasteiger partial charge in [0.15, 0.2) is 0 Å². The van der Waals surface area contributed by atoms with E-state index in [1.54, 1.807) is 7.11 Å². The first-order valence-electron chi connectivity index (χ1n) is 8.06. The van der Waals surface area contributed by atoms with Crippen molar-refractivity contribution in [1.82, 2.24) is 9.97 Å². The van der Waals surface area contributed by atoms with Gasteiger partial charge in [-0.2, -0.15) is 4.98 Å². The smallest absolute Gasteiger partial charge is 0.222 e. The number of nitrogen functional groups attached to an aromatic ring is 2. The van der Waals surface area contributed by atoms with Gasteiger partial charge in [0.25, 0.3) is 0 Å². The minimum Gasteiger partial charge on any atom is -0.383 e. The fourth-order valence-electron chi connectivity index (χ4n) is 2.66. The molecular formula is C19H20ClN5O. The third-order valence-corrected chi connectivity index (χ3v) is 4.15. The molecule has 0 unspecified atom stereocenters. The Labute approximate surface area is 157 Å². The van der Waals surface area contributed by atoms with Crippen LogP contribution in [0.4, 0.5) is 17.5 Å². The summed E-state index contributed by atoms with van der Waals surface area (Å²) in [6, 6.07) is 15.6. The van der Waals surface area contributed by atoms with E-state index in [1.807, 2.05) is 48.5 Å². The molecule has 0 aliphatic carbocycles. The van der Waals surface area contributed by atoms with Crippen LogP contribution in [0.3, 0.4) is 0 Å². The van der Waals surface area contributed by atoms with Crippen LogP contribution in [0.1, 0.15) is 11.3 Å². The van der Waals surface area contributed by atoms with Crippen LogP contribution < -0.4 is 16.8 Å². The van der Waals surface area contributed by atoms with E-state index in [0.29, 0.717) is 24.7 Å². The van der Waals surface area contributed by atoms with Crippen molar-refractivity contribution in [2.75, 3.05) is 23.9 Å². The highest BCUT2D eigenvalue weighted by Gasteiger charge is 2.13. The Morgan fingerprint density at radius 3 is 2.35 bits per heavy atom. The summed E-state index contributed by atoms with van der Waals surface area (Å²) in [5, 5.41) is 4.10. The van der Waals surface area contributed by atoms with Crippen molar-refractivity contribution < 1.29 is 4.74 Å². The fraction of sp³-hybridized carbons (Fsp3) is 0.158. The van der Waals surface area contributed by atoms with Crippen LogP contribution in [-0.4, -0.2) is 17.1 Å². The molecule has 0 aliphatic heterocycles. The number of methoxy groups -OCH3 is 1. The van der Waals surface area contributed by atoms with E-state index < -0.39 is 0 Å². The molecule has 0 bridgehead atoms. The van der Waals surface area contributed by atoms with E-state index in [-0.39, 0.29) is 5.95 Å². The van der Waals surface area contributed by atoms with Crippen LogP contribution in [0.5, 0.6) is 0 Å². The predicted molar refractivity (Wildman–Crippen MR) is 106 cm³/mol. The molecule has 0 radical (unpaired) electrons. The van der Waals surface area contributed by atoms with Gasteiger partial charge < -0.3 is 21.5 Å². The summed E-state index contributed by atoms with van der Waals surface area (Å²) in [7, 11) is 1.60. The maximum Gasteiger partial charge on any atom is 0.222 e. The van der Waals surface area contributed by atoms with Gasteiger partial charge in [-0.05, 0) is 35.4 Å². The number of nitrogens with two attached hydrogens (primary N) is 2. The number of anilines is 3. The molecule has 3 rings (SSSR count). The van der Waals surface area contributed by atoms with Crippen LogP contribution in [0.2, 0.25) is 5.02 Å². The van der Waals surface area contributed by atoms with Gasteiger partial charge in [0.1, 0.15) is 5.82 Å². The third kappa shape index (κ3) is 4.22. The monoisotopic (exact) mass is 369 g/mol. The van der Waals surface area contributed by atoms with E-state index in [1.165, 1.54) is 0 Å². The zero-order chi connectivity index (χ0) is 18.5. The molecule has 3 aromatic rings. The third-order valence-electron chi connectivity index (χ3n) is 3.89. The number of hydrogen-bond acceptors (Lipinski definition) is 6. The molecule has 2 aromatic carbocycles. The second kappa shape index (κ2) is 8.03. The molecule has 0 spiro atoms. The fourth-order valence-corrected chi connectivity index (χ4v) is 2.79. The van der Waals surface area contributed by atoms with E-state index in [2.05, 4.69) is 15.3 Å². The van der Waals surface area contributed by atoms with Gasteiger partial charge in [0.05, 0.1) is 12.3 Å². The van der Waals surface area contributed by atoms with E-state index >= 15 is 0 Å². The normalized spacial score (nSPS) is 10.7. The summed E-state index contributed by atoms with van der Waals surface area (Å²) in [5.41, 5.74) is 16.2. The lowest BCUT2D eigenvalue weighted by atomic mass is 10.0. The Hall–Kier alpha value is -2.83. The van der Waals surface area contributed by atoms with Gasteiger partial charge in [-0.25, -0.2) is 4.98 Å². The van der Waals surface area contributed by atoms with Crippen LogP contribution in [0, 0.1) is 0 Å². The van der Waals surface area contributed by atoms with E-state index in [0.717, 1.165) is 27.4 Å². The van der Waals surface area contributed by atoms with Gasteiger partial charge in [-0.15, -0.1) is 0 Å². The van der Waals surface area contributed by atoms with Gasteiger partial charge in [0.2, 0.25) is 5.95 Å². The molecular weight excluding hydrogens is 350 g/mol. The number of halogens is 1. The Balaban J connectivity index is 1.78. The average Bonchev–Trinajstić information content (AvgIpc) is 2.62. The standard InChI is InChI=1S/C19H20ClN5O/c1-26-11-16-17(18(21)25-19(22)24-16)13-4-8-15(9-5-13)23-10-12-2-6-14(20)7-3-12/h2-9,23H,10-11H2,1H3,(H4,21,22,24,25). The summed E-state index contributed by atoms with van der Waals surface area (Å²) in [5.74, 6) is 0.478. The van der Waals surface area contributed by atoms with Crippen molar-refractivity contribution in [3.8, 4) is 11.1 Å². The molecule has 26 heavy (non-hydrogen) atoms. The molecule has 0 amide bonds. The summed E-state index contributed by atoms with van der Waals surface area (Å²) in [6.07, 6.45) is 0. The quantitative estimate of drug-likeness (QED) is 0.612. The highest BCUT2D eigenvalue weighted by Crippen LogP contribution is 2.29. The lowest BCUT2D eigenvalue weighted by molar-refractivity contribution is 0.182. The minimum absolute atomic E-state index is 0.138. The predicted octanol–water partition coefficient (Wildman–Crippen LogP) is 3.72. The molecule has 134 valence electrons. The second-order valence-electron chi connectivity index (χ2n) is 5.78. The van der Waals surface area contributed by atoms with Gasteiger partial charge >= 0.3 is 0 Å². The molecule has 0 saturated heterocycles. The van der Waals surface area contributed by atoms with E-state index in [4.69, 9.17) is 27.8 Å². The Kier molecular flexibility index (Phi) is 5.55. The number of nitrogens with zero attached hydrogens (tertiary/aromatic N) is 2. The highest BCUT2D eigenvalue weighted by atomic mass is 35.5. The molecule has 1 aromatic heterocycles. The molecule has 5 N–H and O–H groups in total. The SMILES string of the molecule is COCc1nc(N)nc(N)c1-c1ccc(NCc2ccc(Cl)cc2)cc1. The Morgan fingerprint density at radius 2 is 1.69 bits per heavy atom. The Morgan fingerprint density at radius 1 is 1.00 bits per heavy atom. The molecule has 6 nitrogen and oxygen atoms in total. The van der Waals surface area contributed by atoms with E-state index in [9.17, 15) is 0 Å². The molecule has 0 atom stereocenters. The first kappa shape index (κ1) is 18.0. The average molecular weight is 370 g/mol. The molecule has 0 aliphatic rings. The van der Waals surface area contributed by atoms with Crippen molar-refractivity contribution >= 4 is 29.1 Å². The summed E-state index contributed by atoms with van der Waals surface area (Å²) >= 11 is 5.90. The number of benzene rings is 2. The lowest BCUT2D eigenvalue weighted by Crippen LogP contribution is -2.07. The minimum atomic E-state index is 0.138. The topological polar surface area (TPSA) is 99.1 Å². The lowest BCUT2D eigenvalue weighted by Gasteiger charge is -2.13. The van der Waals surface area contributed by atoms with Gasteiger partial charge in [-0.1, -0.05) is 35.9 Å². The molecule has 1 heterocycles. The molecule has 7 heteroatoms. The maximum absolute atomic E-state index is 6.06. The molecule has 0 saturated carbocycles. The number of ether oxygens (including phenoxy) is 1. The summed E-state index contributed by atoms with van der Waals surface area (Å²) < 4.78 is 5.20. The van der Waals surface area contributed by atoms with Gasteiger partial charge in [0, 0.05) is 29.9 Å². The first-order valence-corrected chi connectivity index (χ1v) is 8.44. The van der Waals surface area contributed by atoms with Gasteiger partial charge in [-0.3, -0.25) is 0 Å². The van der Waals surface area contributed by atoms with Crippen LogP contribution in [-0.2, 0) is 17.9 Å². The number of hydrogen-bond donors (Lipinski definition) is 3. The summed E-state index contributed by atoms with van der Waals surface area (Å²) in [6.45, 7) is 1.02. The van der Waals surface area contributed by atoms with Crippen molar-refractivity contribution in [3.05, 3.63) is 64.8 Å². The number of rotatable bonds is 6. The zero-order valence-electron chi connectivity index (χ0n) is 14.4. The van der Waals surface area contributed by atoms with Crippen LogP contribution >= 0.6 is 11.6 Å². The van der Waals surface area contributed by atoms with Crippen molar-refractivity contribution in [1.29, 1.82) is 0 Å². The largest absolute Gasteiger partial charge is 0.383 e. The maximum atomic E-state index is 6.06. The van der Waals surface area contributed by atoms with Crippen molar-refractivity contribution in [2.45, 2.75) is 13.2 Å². The van der Waals surface area contributed by atoms with Crippen LogP contribution in [0.25, 0.3) is 11.1 Å². The summed E-state index contributed by atoms with van der Waals surface area (Å²) in [4.78, 5) is 8.30. The number of nitrogens with one attached hydrogen (secondary N) is 1. The molecule has 0 fully saturated rings. The zero-order valence-corrected chi connectivity index (χ0v) is 15.1. The van der Waals surface area contributed by atoms with Crippen molar-refractivity contribution in [3.63, 3.8) is 0 Å². The first-order chi connectivity index (χ1) is 12.6. The number of aromatic nitrogens is 2. The van der Waals surface area contributed by atoms with Crippen molar-refractivity contribution in [2.24, 2.45) is 0 Å².